The van der Waals surface area contributed by atoms with Crippen molar-refractivity contribution in [2.75, 3.05) is 32.7 Å². The average Bonchev–Trinajstić information content (AvgIpc) is 2.85. The van der Waals surface area contributed by atoms with Gasteiger partial charge in [-0.3, -0.25) is 5.32 Å². The van der Waals surface area contributed by atoms with E-state index in [2.05, 4.69) is 10.6 Å². The van der Waals surface area contributed by atoms with Gasteiger partial charge in [0.15, 0.2) is 5.72 Å². The molecule has 13 heavy (non-hydrogen) atoms. The van der Waals surface area contributed by atoms with Crippen molar-refractivity contribution in [2.45, 2.75) is 12.6 Å². The van der Waals surface area contributed by atoms with E-state index in [-0.39, 0.29) is 11.8 Å². The zero-order valence-corrected chi connectivity index (χ0v) is 7.80. The van der Waals surface area contributed by atoms with Gasteiger partial charge < -0.3 is 15.0 Å². The molecule has 2 aliphatic rings. The van der Waals surface area contributed by atoms with Crippen LogP contribution in [0.25, 0.3) is 0 Å². The van der Waals surface area contributed by atoms with Crippen molar-refractivity contribution in [3.05, 3.63) is 0 Å². The van der Waals surface area contributed by atoms with E-state index in [0.29, 0.717) is 0 Å². The standard InChI is InChI=1S/C8H15N3O2/c1-8(6-10-8)13-7(12)11-4-2-9-3-5-11/h9-10H,2-6H2,1H3. The second kappa shape index (κ2) is 3.16. The molecule has 2 aliphatic heterocycles. The van der Waals surface area contributed by atoms with E-state index in [1.807, 2.05) is 6.92 Å². The van der Waals surface area contributed by atoms with E-state index >= 15 is 0 Å². The molecule has 5 nitrogen and oxygen atoms in total. The van der Waals surface area contributed by atoms with Gasteiger partial charge in [0.1, 0.15) is 0 Å². The number of nitrogens with zero attached hydrogens (tertiary/aromatic N) is 1. The first-order valence-electron chi connectivity index (χ1n) is 4.63. The van der Waals surface area contributed by atoms with Gasteiger partial charge in [0.25, 0.3) is 0 Å². The van der Waals surface area contributed by atoms with Crippen LogP contribution in [0.3, 0.4) is 0 Å². The summed E-state index contributed by atoms with van der Waals surface area (Å²) in [6.07, 6.45) is -0.200. The summed E-state index contributed by atoms with van der Waals surface area (Å²) in [7, 11) is 0. The van der Waals surface area contributed by atoms with Crippen molar-refractivity contribution >= 4 is 6.09 Å². The largest absolute Gasteiger partial charge is 0.427 e. The van der Waals surface area contributed by atoms with Crippen LogP contribution < -0.4 is 10.6 Å². The Balaban J connectivity index is 1.81. The van der Waals surface area contributed by atoms with Gasteiger partial charge in [0.2, 0.25) is 0 Å². The molecule has 0 aromatic rings. The molecule has 0 bridgehead atoms. The van der Waals surface area contributed by atoms with Gasteiger partial charge >= 0.3 is 6.09 Å². The molecule has 2 fully saturated rings. The number of hydrogen-bond donors (Lipinski definition) is 2. The number of piperazine rings is 1. The number of amides is 1. The number of hydrogen-bond acceptors (Lipinski definition) is 4. The lowest BCUT2D eigenvalue weighted by Gasteiger charge is -2.27. The molecule has 0 spiro atoms. The minimum Gasteiger partial charge on any atom is -0.427 e. The number of carbonyl (C=O) groups is 1. The van der Waals surface area contributed by atoms with Crippen LogP contribution in [-0.4, -0.2) is 49.4 Å². The van der Waals surface area contributed by atoms with Crippen molar-refractivity contribution in [1.82, 2.24) is 15.5 Å². The molecule has 5 heteroatoms. The molecule has 74 valence electrons. The highest BCUT2D eigenvalue weighted by molar-refractivity contribution is 5.68. The number of nitrogens with one attached hydrogen (secondary N) is 2. The lowest BCUT2D eigenvalue weighted by Crippen LogP contribution is -2.47. The molecule has 1 unspecified atom stereocenters. The summed E-state index contributed by atoms with van der Waals surface area (Å²) < 4.78 is 5.24. The van der Waals surface area contributed by atoms with Crippen LogP contribution in [0.1, 0.15) is 6.92 Å². The molecule has 0 radical (unpaired) electrons. The van der Waals surface area contributed by atoms with E-state index in [9.17, 15) is 4.79 Å². The molecule has 0 aromatic heterocycles. The fourth-order valence-electron chi connectivity index (χ4n) is 1.30. The highest BCUT2D eigenvalue weighted by Gasteiger charge is 2.42. The first-order valence-corrected chi connectivity index (χ1v) is 4.63. The average molecular weight is 185 g/mol. The maximum atomic E-state index is 11.5. The summed E-state index contributed by atoms with van der Waals surface area (Å²) in [5.41, 5.74) is -0.387. The molecule has 0 saturated carbocycles. The maximum absolute atomic E-state index is 11.5. The summed E-state index contributed by atoms with van der Waals surface area (Å²) >= 11 is 0. The second-order valence-corrected chi connectivity index (χ2v) is 3.69. The Morgan fingerprint density at radius 3 is 2.62 bits per heavy atom. The van der Waals surface area contributed by atoms with Crippen LogP contribution >= 0.6 is 0 Å². The van der Waals surface area contributed by atoms with E-state index < -0.39 is 0 Å². The predicted molar refractivity (Wildman–Crippen MR) is 47.3 cm³/mol. The topological polar surface area (TPSA) is 63.5 Å². The highest BCUT2D eigenvalue weighted by atomic mass is 16.6. The van der Waals surface area contributed by atoms with E-state index in [1.165, 1.54) is 0 Å². The summed E-state index contributed by atoms with van der Waals surface area (Å²) in [4.78, 5) is 13.2. The molecule has 2 saturated heterocycles. The quantitative estimate of drug-likeness (QED) is 0.533. The van der Waals surface area contributed by atoms with Crippen molar-refractivity contribution in [3.8, 4) is 0 Å². The first-order chi connectivity index (χ1) is 6.20. The van der Waals surface area contributed by atoms with E-state index in [1.54, 1.807) is 4.90 Å². The third-order valence-electron chi connectivity index (χ3n) is 2.36. The maximum Gasteiger partial charge on any atom is 0.411 e. The van der Waals surface area contributed by atoms with Crippen LogP contribution in [-0.2, 0) is 4.74 Å². The number of ether oxygens (including phenoxy) is 1. The Hall–Kier alpha value is -0.810. The number of rotatable bonds is 1. The van der Waals surface area contributed by atoms with Crippen LogP contribution in [0.4, 0.5) is 4.79 Å². The van der Waals surface area contributed by atoms with Crippen molar-refractivity contribution < 1.29 is 9.53 Å². The Bertz CT molecular complexity index is 209. The molecule has 1 atom stereocenters. The summed E-state index contributed by atoms with van der Waals surface area (Å²) in [5.74, 6) is 0. The fraction of sp³-hybridized carbons (Fsp3) is 0.875. The minimum atomic E-state index is -0.387. The van der Waals surface area contributed by atoms with Gasteiger partial charge in [-0.1, -0.05) is 0 Å². The molecule has 2 N–H and O–H groups in total. The Kier molecular flexibility index (Phi) is 2.13. The molecule has 2 rings (SSSR count). The van der Waals surface area contributed by atoms with Crippen LogP contribution in [0.15, 0.2) is 0 Å². The molecule has 0 aromatic carbocycles. The number of carbonyl (C=O) groups excluding carboxylic acids is 1. The van der Waals surface area contributed by atoms with Crippen LogP contribution in [0, 0.1) is 0 Å². The van der Waals surface area contributed by atoms with Gasteiger partial charge in [0.05, 0.1) is 6.54 Å². The highest BCUT2D eigenvalue weighted by Crippen LogP contribution is 2.18. The van der Waals surface area contributed by atoms with E-state index in [4.69, 9.17) is 4.74 Å². The molecule has 2 heterocycles. The van der Waals surface area contributed by atoms with Gasteiger partial charge in [-0.15, -0.1) is 0 Å². The summed E-state index contributed by atoms with van der Waals surface area (Å²) in [6, 6.07) is 0. The second-order valence-electron chi connectivity index (χ2n) is 3.69. The SMILES string of the molecule is CC1(OC(=O)N2CCNCC2)CN1. The zero-order valence-electron chi connectivity index (χ0n) is 7.80. The Morgan fingerprint density at radius 1 is 1.46 bits per heavy atom. The normalized spacial score (nSPS) is 32.8. The zero-order chi connectivity index (χ0) is 9.31. The smallest absolute Gasteiger partial charge is 0.411 e. The lowest BCUT2D eigenvalue weighted by molar-refractivity contribution is 0.0534. The van der Waals surface area contributed by atoms with E-state index in [0.717, 1.165) is 32.7 Å². The van der Waals surface area contributed by atoms with Gasteiger partial charge in [-0.25, -0.2) is 4.79 Å². The van der Waals surface area contributed by atoms with Gasteiger partial charge in [0, 0.05) is 26.2 Å². The van der Waals surface area contributed by atoms with Crippen LogP contribution in [0.5, 0.6) is 0 Å². The molecule has 0 aliphatic carbocycles. The van der Waals surface area contributed by atoms with Crippen molar-refractivity contribution in [2.24, 2.45) is 0 Å². The third-order valence-corrected chi connectivity index (χ3v) is 2.36. The van der Waals surface area contributed by atoms with Crippen molar-refractivity contribution in [1.29, 1.82) is 0 Å². The third kappa shape index (κ3) is 2.10. The molecule has 1 amide bonds. The minimum absolute atomic E-state index is 0.200. The Labute approximate surface area is 77.4 Å². The monoisotopic (exact) mass is 185 g/mol. The first kappa shape index (κ1) is 8.77. The molecular formula is C8H15N3O2. The van der Waals surface area contributed by atoms with Crippen LogP contribution in [0.2, 0.25) is 0 Å². The van der Waals surface area contributed by atoms with Crippen molar-refractivity contribution in [3.63, 3.8) is 0 Å². The summed E-state index contributed by atoms with van der Waals surface area (Å²) in [5, 5.41) is 6.18. The fourth-order valence-corrected chi connectivity index (χ4v) is 1.30. The lowest BCUT2D eigenvalue weighted by atomic mass is 10.4. The predicted octanol–water partition coefficient (Wildman–Crippen LogP) is -0.652. The van der Waals surface area contributed by atoms with Gasteiger partial charge in [-0.05, 0) is 6.92 Å². The Morgan fingerprint density at radius 2 is 2.08 bits per heavy atom. The molecular weight excluding hydrogens is 170 g/mol. The van der Waals surface area contributed by atoms with Gasteiger partial charge in [-0.2, -0.15) is 0 Å². The summed E-state index contributed by atoms with van der Waals surface area (Å²) in [6.45, 7) is 5.86.